The lowest BCUT2D eigenvalue weighted by Gasteiger charge is -2.11. The molecule has 3 nitrogen and oxygen atoms in total. The van der Waals surface area contributed by atoms with E-state index >= 15 is 0 Å². The van der Waals surface area contributed by atoms with Crippen molar-refractivity contribution < 1.29 is 4.74 Å². The third kappa shape index (κ3) is 2.63. The first kappa shape index (κ1) is 12.5. The highest BCUT2D eigenvalue weighted by atomic mass is 32.1. The molecular formula is C14H14N2OS. The molecule has 1 heterocycles. The van der Waals surface area contributed by atoms with Crippen LogP contribution in [0.15, 0.2) is 30.3 Å². The Bertz CT molecular complexity index is 584. The van der Waals surface area contributed by atoms with Crippen molar-refractivity contribution in [1.29, 1.82) is 5.26 Å². The standard InChI is InChI=1S/C14H14N2OS/c1-10-6-7-12(18-10)9-16-14-11(8-15)4-3-5-13(14)17-2/h3-7,16H,9H2,1-2H3. The van der Waals surface area contributed by atoms with Crippen LogP contribution in [-0.2, 0) is 6.54 Å². The molecule has 0 saturated carbocycles. The SMILES string of the molecule is COc1cccc(C#N)c1NCc1ccc(C)s1. The molecule has 1 N–H and O–H groups in total. The number of anilines is 1. The lowest BCUT2D eigenvalue weighted by Crippen LogP contribution is -2.02. The van der Waals surface area contributed by atoms with Crippen LogP contribution in [0.4, 0.5) is 5.69 Å². The average molecular weight is 258 g/mol. The average Bonchev–Trinajstić information content (AvgIpc) is 2.81. The summed E-state index contributed by atoms with van der Waals surface area (Å²) >= 11 is 1.75. The number of methoxy groups -OCH3 is 1. The summed E-state index contributed by atoms with van der Waals surface area (Å²) in [5.74, 6) is 0.697. The molecule has 1 aromatic heterocycles. The lowest BCUT2D eigenvalue weighted by molar-refractivity contribution is 0.416. The van der Waals surface area contributed by atoms with E-state index in [0.717, 1.165) is 5.69 Å². The van der Waals surface area contributed by atoms with Crippen molar-refractivity contribution in [1.82, 2.24) is 0 Å². The predicted octanol–water partition coefficient (Wildman–Crippen LogP) is 3.55. The molecule has 0 saturated heterocycles. The van der Waals surface area contributed by atoms with Gasteiger partial charge in [-0.2, -0.15) is 5.26 Å². The fraction of sp³-hybridized carbons (Fsp3) is 0.214. The van der Waals surface area contributed by atoms with Gasteiger partial charge in [0.25, 0.3) is 0 Å². The number of hydrogen-bond donors (Lipinski definition) is 1. The zero-order valence-electron chi connectivity index (χ0n) is 10.4. The fourth-order valence-corrected chi connectivity index (χ4v) is 2.56. The monoisotopic (exact) mass is 258 g/mol. The molecule has 0 aliphatic carbocycles. The van der Waals surface area contributed by atoms with Crippen LogP contribution < -0.4 is 10.1 Å². The quantitative estimate of drug-likeness (QED) is 0.912. The summed E-state index contributed by atoms with van der Waals surface area (Å²) < 4.78 is 5.27. The Kier molecular flexibility index (Phi) is 3.85. The summed E-state index contributed by atoms with van der Waals surface area (Å²) in [6, 6.07) is 11.8. The maximum atomic E-state index is 9.10. The molecule has 0 atom stereocenters. The Labute approximate surface area is 111 Å². The molecule has 0 bridgehead atoms. The van der Waals surface area contributed by atoms with Crippen LogP contribution in [0.1, 0.15) is 15.3 Å². The van der Waals surface area contributed by atoms with Crippen LogP contribution in [0.25, 0.3) is 0 Å². The van der Waals surface area contributed by atoms with E-state index in [4.69, 9.17) is 10.00 Å². The molecule has 0 unspecified atom stereocenters. The van der Waals surface area contributed by atoms with Crippen molar-refractivity contribution in [3.63, 3.8) is 0 Å². The van der Waals surface area contributed by atoms with Crippen LogP contribution in [0.3, 0.4) is 0 Å². The van der Waals surface area contributed by atoms with Crippen LogP contribution >= 0.6 is 11.3 Å². The van der Waals surface area contributed by atoms with Gasteiger partial charge in [-0.05, 0) is 31.2 Å². The molecule has 0 amide bonds. The smallest absolute Gasteiger partial charge is 0.143 e. The summed E-state index contributed by atoms with van der Waals surface area (Å²) in [6.07, 6.45) is 0. The van der Waals surface area contributed by atoms with Crippen LogP contribution in [-0.4, -0.2) is 7.11 Å². The molecule has 0 aliphatic rings. The summed E-state index contributed by atoms with van der Waals surface area (Å²) in [5.41, 5.74) is 1.36. The number of thiophene rings is 1. The van der Waals surface area contributed by atoms with E-state index in [1.54, 1.807) is 24.5 Å². The number of hydrogen-bond acceptors (Lipinski definition) is 4. The molecule has 0 fully saturated rings. The van der Waals surface area contributed by atoms with Gasteiger partial charge in [0, 0.05) is 16.3 Å². The molecule has 4 heteroatoms. The third-order valence-electron chi connectivity index (χ3n) is 2.60. The van der Waals surface area contributed by atoms with E-state index in [1.807, 2.05) is 12.1 Å². The minimum atomic E-state index is 0.600. The number of para-hydroxylation sites is 1. The summed E-state index contributed by atoms with van der Waals surface area (Å²) in [4.78, 5) is 2.52. The van der Waals surface area contributed by atoms with Gasteiger partial charge in [-0.1, -0.05) is 6.07 Å². The van der Waals surface area contributed by atoms with E-state index in [2.05, 4.69) is 30.4 Å². The van der Waals surface area contributed by atoms with Gasteiger partial charge >= 0.3 is 0 Å². The van der Waals surface area contributed by atoms with Crippen molar-refractivity contribution in [2.45, 2.75) is 13.5 Å². The number of nitrogens with zero attached hydrogens (tertiary/aromatic N) is 1. The second-order valence-corrected chi connectivity index (χ2v) is 5.23. The first-order chi connectivity index (χ1) is 8.74. The number of ether oxygens (including phenoxy) is 1. The Morgan fingerprint density at radius 2 is 2.17 bits per heavy atom. The van der Waals surface area contributed by atoms with E-state index in [1.165, 1.54) is 9.75 Å². The van der Waals surface area contributed by atoms with Crippen LogP contribution in [0.2, 0.25) is 0 Å². The molecule has 0 radical (unpaired) electrons. The predicted molar refractivity (Wildman–Crippen MR) is 74.1 cm³/mol. The lowest BCUT2D eigenvalue weighted by atomic mass is 10.1. The van der Waals surface area contributed by atoms with Gasteiger partial charge in [-0.25, -0.2) is 0 Å². The van der Waals surface area contributed by atoms with Crippen LogP contribution in [0.5, 0.6) is 5.75 Å². The van der Waals surface area contributed by atoms with Crippen molar-refractivity contribution in [3.8, 4) is 11.8 Å². The molecule has 1 aromatic carbocycles. The maximum absolute atomic E-state index is 9.10. The fourth-order valence-electron chi connectivity index (χ4n) is 1.73. The minimum Gasteiger partial charge on any atom is -0.495 e. The first-order valence-corrected chi connectivity index (χ1v) is 6.42. The molecule has 2 aromatic rings. The molecular weight excluding hydrogens is 244 g/mol. The second kappa shape index (κ2) is 5.56. The Hall–Kier alpha value is -1.99. The summed E-state index contributed by atoms with van der Waals surface area (Å²) in [7, 11) is 1.61. The molecule has 0 aliphatic heterocycles. The summed E-state index contributed by atoms with van der Waals surface area (Å²) in [5, 5.41) is 12.4. The minimum absolute atomic E-state index is 0.600. The van der Waals surface area contributed by atoms with Gasteiger partial charge in [0.15, 0.2) is 0 Å². The zero-order valence-corrected chi connectivity index (χ0v) is 11.2. The zero-order chi connectivity index (χ0) is 13.0. The maximum Gasteiger partial charge on any atom is 0.143 e. The number of aryl methyl sites for hydroxylation is 1. The number of nitrogens with one attached hydrogen (secondary N) is 1. The van der Waals surface area contributed by atoms with Crippen LogP contribution in [0, 0.1) is 18.3 Å². The van der Waals surface area contributed by atoms with E-state index < -0.39 is 0 Å². The summed E-state index contributed by atoms with van der Waals surface area (Å²) in [6.45, 7) is 2.78. The highest BCUT2D eigenvalue weighted by Crippen LogP contribution is 2.28. The van der Waals surface area contributed by atoms with Gasteiger partial charge in [0.05, 0.1) is 18.4 Å². The molecule has 18 heavy (non-hydrogen) atoms. The third-order valence-corrected chi connectivity index (χ3v) is 3.60. The van der Waals surface area contributed by atoms with Crippen molar-refractivity contribution >= 4 is 17.0 Å². The van der Waals surface area contributed by atoms with Gasteiger partial charge in [0.2, 0.25) is 0 Å². The van der Waals surface area contributed by atoms with Crippen molar-refractivity contribution in [2.75, 3.05) is 12.4 Å². The highest BCUT2D eigenvalue weighted by molar-refractivity contribution is 7.11. The Morgan fingerprint density at radius 1 is 1.33 bits per heavy atom. The Balaban J connectivity index is 2.20. The Morgan fingerprint density at radius 3 is 2.78 bits per heavy atom. The van der Waals surface area contributed by atoms with E-state index in [-0.39, 0.29) is 0 Å². The number of rotatable bonds is 4. The molecule has 0 spiro atoms. The largest absolute Gasteiger partial charge is 0.495 e. The topological polar surface area (TPSA) is 45.0 Å². The van der Waals surface area contributed by atoms with Gasteiger partial charge < -0.3 is 10.1 Å². The molecule has 2 rings (SSSR count). The normalized spacial score (nSPS) is 9.83. The highest BCUT2D eigenvalue weighted by Gasteiger charge is 2.08. The van der Waals surface area contributed by atoms with E-state index in [0.29, 0.717) is 17.9 Å². The van der Waals surface area contributed by atoms with Crippen molar-refractivity contribution in [3.05, 3.63) is 45.6 Å². The number of benzene rings is 1. The second-order valence-electron chi connectivity index (χ2n) is 3.86. The van der Waals surface area contributed by atoms with E-state index in [9.17, 15) is 0 Å². The first-order valence-electron chi connectivity index (χ1n) is 5.61. The molecule has 92 valence electrons. The van der Waals surface area contributed by atoms with Gasteiger partial charge in [-0.15, -0.1) is 11.3 Å². The number of nitriles is 1. The van der Waals surface area contributed by atoms with Gasteiger partial charge in [-0.3, -0.25) is 0 Å². The van der Waals surface area contributed by atoms with Crippen molar-refractivity contribution in [2.24, 2.45) is 0 Å². The van der Waals surface area contributed by atoms with Gasteiger partial charge in [0.1, 0.15) is 11.8 Å².